The van der Waals surface area contributed by atoms with E-state index in [1.54, 1.807) is 6.07 Å². The number of aryl methyl sites for hydroxylation is 1. The third-order valence-electron chi connectivity index (χ3n) is 12.7. The Morgan fingerprint density at radius 1 is 0.981 bits per heavy atom. The van der Waals surface area contributed by atoms with Gasteiger partial charge in [-0.1, -0.05) is 43.7 Å². The first-order valence-corrected chi connectivity index (χ1v) is 21.7. The van der Waals surface area contributed by atoms with Crippen molar-refractivity contribution in [2.75, 3.05) is 83.4 Å². The van der Waals surface area contributed by atoms with Crippen LogP contribution < -0.4 is 14.4 Å². The zero-order valence-electron chi connectivity index (χ0n) is 31.6. The van der Waals surface area contributed by atoms with E-state index in [-0.39, 0.29) is 23.5 Å². The van der Waals surface area contributed by atoms with Gasteiger partial charge in [0.2, 0.25) is 10.0 Å². The average molecular weight is 769 g/mol. The Bertz CT molecular complexity index is 1760. The van der Waals surface area contributed by atoms with Crippen molar-refractivity contribution in [3.05, 3.63) is 70.3 Å². The lowest BCUT2D eigenvalue weighted by atomic mass is 9.63. The van der Waals surface area contributed by atoms with Crippen LogP contribution in [0.25, 0.3) is 0 Å². The Balaban J connectivity index is 1.24. The molecule has 10 nitrogen and oxygen atoms in total. The first-order valence-electron chi connectivity index (χ1n) is 19.6. The van der Waals surface area contributed by atoms with Crippen LogP contribution in [0, 0.1) is 23.7 Å². The van der Waals surface area contributed by atoms with Gasteiger partial charge in [-0.25, -0.2) is 13.1 Å². The van der Waals surface area contributed by atoms with Gasteiger partial charge in [0.05, 0.1) is 31.3 Å². The molecule has 290 valence electrons. The van der Waals surface area contributed by atoms with Crippen molar-refractivity contribution in [2.45, 2.75) is 64.0 Å². The SMILES string of the molecule is CO[C@]1(CN2CCN3CCOC[C@@H]3C2)/C=C/[C@H](C)[C@H](C)CS(=O)(=O)NC(=O)c2ccc3c(c2)N(CCCCc2cc(Cl)ccc2CCO3)C[C@@H]2CC[C@H]21. The van der Waals surface area contributed by atoms with Gasteiger partial charge in [0.1, 0.15) is 11.4 Å². The molecule has 2 aromatic carbocycles. The molecule has 1 amide bonds. The minimum atomic E-state index is -3.91. The number of carbonyl (C=O) groups is 1. The minimum absolute atomic E-state index is 0.0515. The van der Waals surface area contributed by atoms with E-state index < -0.39 is 21.5 Å². The quantitative estimate of drug-likeness (QED) is 0.410. The maximum Gasteiger partial charge on any atom is 0.264 e. The summed E-state index contributed by atoms with van der Waals surface area (Å²) >= 11 is 6.42. The van der Waals surface area contributed by atoms with Crippen LogP contribution in [0.3, 0.4) is 0 Å². The number of fused-ring (bicyclic) bond motifs is 4. The van der Waals surface area contributed by atoms with Crippen molar-refractivity contribution in [3.8, 4) is 5.75 Å². The molecule has 0 radical (unpaired) electrons. The fourth-order valence-electron chi connectivity index (χ4n) is 9.14. The fourth-order valence-corrected chi connectivity index (χ4v) is 10.8. The summed E-state index contributed by atoms with van der Waals surface area (Å²) in [4.78, 5) is 21.1. The summed E-state index contributed by atoms with van der Waals surface area (Å²) in [5.41, 5.74) is 3.10. The van der Waals surface area contributed by atoms with E-state index in [4.69, 9.17) is 25.8 Å². The largest absolute Gasteiger partial charge is 0.491 e. The van der Waals surface area contributed by atoms with Crippen LogP contribution in [-0.4, -0.2) is 114 Å². The number of amides is 1. The highest BCUT2D eigenvalue weighted by Gasteiger charge is 2.49. The Kier molecular flexibility index (Phi) is 12.1. The van der Waals surface area contributed by atoms with Gasteiger partial charge in [-0.2, -0.15) is 0 Å². The van der Waals surface area contributed by atoms with Crippen LogP contribution in [0.1, 0.15) is 61.0 Å². The summed E-state index contributed by atoms with van der Waals surface area (Å²) < 4.78 is 48.3. The van der Waals surface area contributed by atoms with Gasteiger partial charge in [-0.3, -0.25) is 14.6 Å². The number of sulfonamides is 1. The zero-order chi connectivity index (χ0) is 37.2. The van der Waals surface area contributed by atoms with Gasteiger partial charge < -0.3 is 19.1 Å². The molecular formula is C41H57ClN4O6S. The van der Waals surface area contributed by atoms with Crippen molar-refractivity contribution in [1.82, 2.24) is 14.5 Å². The van der Waals surface area contributed by atoms with Crippen molar-refractivity contribution in [3.63, 3.8) is 0 Å². The number of benzene rings is 2. The number of anilines is 1. The normalized spacial score (nSPS) is 32.3. The van der Waals surface area contributed by atoms with Gasteiger partial charge in [-0.05, 0) is 97.2 Å². The maximum absolute atomic E-state index is 13.6. The molecule has 12 heteroatoms. The van der Waals surface area contributed by atoms with Crippen LogP contribution in [0.2, 0.25) is 5.02 Å². The summed E-state index contributed by atoms with van der Waals surface area (Å²) in [6.07, 6.45) is 10.1. The summed E-state index contributed by atoms with van der Waals surface area (Å²) in [5, 5.41) is 0.751. The molecule has 0 aromatic heterocycles. The van der Waals surface area contributed by atoms with Gasteiger partial charge in [0.15, 0.2) is 0 Å². The van der Waals surface area contributed by atoms with E-state index in [1.807, 2.05) is 32.2 Å². The molecular weight excluding hydrogens is 712 g/mol. The number of piperazine rings is 1. The van der Waals surface area contributed by atoms with E-state index in [2.05, 4.69) is 50.6 Å². The topological polar surface area (TPSA) is 101 Å². The first kappa shape index (κ1) is 38.6. The minimum Gasteiger partial charge on any atom is -0.491 e. The Labute approximate surface area is 321 Å². The molecule has 5 aliphatic rings. The Hall–Kier alpha value is -2.67. The van der Waals surface area contributed by atoms with Gasteiger partial charge in [-0.15, -0.1) is 0 Å². The molecule has 7 rings (SSSR count). The second kappa shape index (κ2) is 16.6. The fraction of sp³-hybridized carbons (Fsp3) is 0.634. The van der Waals surface area contributed by atoms with Crippen molar-refractivity contribution in [2.24, 2.45) is 23.7 Å². The van der Waals surface area contributed by atoms with Crippen molar-refractivity contribution in [1.29, 1.82) is 0 Å². The molecule has 4 aliphatic heterocycles. The van der Waals surface area contributed by atoms with Crippen LogP contribution in [0.4, 0.5) is 5.69 Å². The molecule has 2 bridgehead atoms. The molecule has 2 saturated heterocycles. The smallest absolute Gasteiger partial charge is 0.264 e. The molecule has 1 N–H and O–H groups in total. The molecule has 4 heterocycles. The first-order chi connectivity index (χ1) is 25.5. The number of halogens is 1. The molecule has 3 fully saturated rings. The van der Waals surface area contributed by atoms with Crippen LogP contribution in [0.5, 0.6) is 5.75 Å². The third kappa shape index (κ3) is 8.92. The molecule has 53 heavy (non-hydrogen) atoms. The molecule has 6 atom stereocenters. The van der Waals surface area contributed by atoms with Gasteiger partial charge >= 0.3 is 0 Å². The van der Waals surface area contributed by atoms with Crippen molar-refractivity contribution < 1.29 is 27.4 Å². The highest BCUT2D eigenvalue weighted by molar-refractivity contribution is 7.90. The number of nitrogens with zero attached hydrogens (tertiary/aromatic N) is 3. The van der Waals surface area contributed by atoms with Crippen LogP contribution >= 0.6 is 11.6 Å². The Morgan fingerprint density at radius 3 is 2.66 bits per heavy atom. The number of allylic oxidation sites excluding steroid dienone is 1. The van der Waals surface area contributed by atoms with Crippen LogP contribution in [-0.2, 0) is 32.3 Å². The monoisotopic (exact) mass is 768 g/mol. The number of nitrogens with one attached hydrogen (secondary N) is 1. The zero-order valence-corrected chi connectivity index (χ0v) is 33.2. The van der Waals surface area contributed by atoms with E-state index in [1.165, 1.54) is 11.1 Å². The van der Waals surface area contributed by atoms with Gasteiger partial charge in [0.25, 0.3) is 5.91 Å². The van der Waals surface area contributed by atoms with E-state index in [0.717, 1.165) is 108 Å². The van der Waals surface area contributed by atoms with E-state index in [0.29, 0.717) is 29.9 Å². The summed E-state index contributed by atoms with van der Waals surface area (Å²) in [6.45, 7) is 12.3. The number of methoxy groups -OCH3 is 1. The average Bonchev–Trinajstić information content (AvgIpc) is 3.12. The molecule has 0 spiro atoms. The second-order valence-electron chi connectivity index (χ2n) is 16.1. The lowest BCUT2D eigenvalue weighted by Gasteiger charge is -2.53. The predicted octanol–water partition coefficient (Wildman–Crippen LogP) is 5.43. The summed E-state index contributed by atoms with van der Waals surface area (Å²) in [7, 11) is -2.06. The molecule has 1 saturated carbocycles. The number of carbonyl (C=O) groups excluding carboxylic acids is 1. The van der Waals surface area contributed by atoms with E-state index in [9.17, 15) is 13.2 Å². The lowest BCUT2D eigenvalue weighted by molar-refractivity contribution is -0.108. The number of ether oxygens (including phenoxy) is 3. The highest BCUT2D eigenvalue weighted by Crippen LogP contribution is 2.47. The summed E-state index contributed by atoms with van der Waals surface area (Å²) in [6, 6.07) is 11.9. The molecule has 1 aliphatic carbocycles. The number of morpholine rings is 1. The summed E-state index contributed by atoms with van der Waals surface area (Å²) in [5.74, 6) is 0.255. The number of hydrogen-bond acceptors (Lipinski definition) is 9. The standard InChI is InChI=1S/C41H57ClN4O6S/c1-29-13-15-41(50-3,28-44-17-18-45-19-21-51-26-36(45)25-44)37-11-8-34(37)24-46-16-5-4-6-32-22-35(42)10-7-31(32)14-20-52-39-12-9-33(23-38(39)46)40(47)43-53(48,49)27-30(29)2/h7,9-10,12-13,15,22-23,29-30,34,36-37H,4-6,8,11,14,16-21,24-28H2,1-3H3,(H,43,47)/b15-13+/t29-,30+,34-,36-,37+,41-/m0/s1. The predicted molar refractivity (Wildman–Crippen MR) is 210 cm³/mol. The number of hydrogen-bond donors (Lipinski definition) is 1. The van der Waals surface area contributed by atoms with Gasteiger partial charge in [0, 0.05) is 76.0 Å². The number of rotatable bonds is 3. The third-order valence-corrected chi connectivity index (χ3v) is 14.4. The maximum atomic E-state index is 13.6. The Morgan fingerprint density at radius 2 is 1.85 bits per heavy atom. The second-order valence-corrected chi connectivity index (χ2v) is 18.3. The lowest BCUT2D eigenvalue weighted by Crippen LogP contribution is -2.62. The van der Waals surface area contributed by atoms with Crippen molar-refractivity contribution >= 4 is 33.2 Å². The molecule has 0 unspecified atom stereocenters. The van der Waals surface area contributed by atoms with Crippen LogP contribution in [0.15, 0.2) is 48.6 Å². The highest BCUT2D eigenvalue weighted by atomic mass is 35.5. The molecule has 2 aromatic rings. The van der Waals surface area contributed by atoms with E-state index >= 15 is 0 Å².